The second-order valence-corrected chi connectivity index (χ2v) is 7.76. The summed E-state index contributed by atoms with van der Waals surface area (Å²) >= 11 is 0. The molecule has 1 aliphatic heterocycles. The number of amides is 2. The second kappa shape index (κ2) is 7.30. The highest BCUT2D eigenvalue weighted by molar-refractivity contribution is 6.15. The van der Waals surface area contributed by atoms with E-state index in [2.05, 4.69) is 11.4 Å². The topological polar surface area (TPSA) is 58.6 Å². The Kier molecular flexibility index (Phi) is 4.84. The summed E-state index contributed by atoms with van der Waals surface area (Å²) in [6.45, 7) is 2.54. The predicted molar refractivity (Wildman–Crippen MR) is 108 cm³/mol. The molecule has 0 saturated heterocycles. The first-order valence-corrected chi connectivity index (χ1v) is 9.88. The van der Waals surface area contributed by atoms with E-state index < -0.39 is 5.41 Å². The van der Waals surface area contributed by atoms with Gasteiger partial charge < -0.3 is 15.0 Å². The summed E-state index contributed by atoms with van der Waals surface area (Å²) in [6, 6.07) is 15.9. The van der Waals surface area contributed by atoms with E-state index in [0.717, 1.165) is 23.4 Å². The first kappa shape index (κ1) is 18.5. The van der Waals surface area contributed by atoms with Gasteiger partial charge in [-0.1, -0.05) is 36.4 Å². The number of para-hydroxylation sites is 2. The lowest BCUT2D eigenvalue weighted by Gasteiger charge is -2.27. The molecule has 0 spiro atoms. The predicted octanol–water partition coefficient (Wildman–Crippen LogP) is 3.11. The largest absolute Gasteiger partial charge is 0.496 e. The summed E-state index contributed by atoms with van der Waals surface area (Å²) in [5.41, 5.74) is 2.28. The molecule has 146 valence electrons. The van der Waals surface area contributed by atoms with Crippen molar-refractivity contribution in [2.75, 3.05) is 18.6 Å². The van der Waals surface area contributed by atoms with E-state index in [-0.39, 0.29) is 17.9 Å². The molecule has 0 radical (unpaired) electrons. The third kappa shape index (κ3) is 3.15. The van der Waals surface area contributed by atoms with E-state index in [0.29, 0.717) is 25.8 Å². The number of hydrogen-bond donors (Lipinski definition) is 1. The van der Waals surface area contributed by atoms with Crippen LogP contribution in [0.4, 0.5) is 5.69 Å². The highest BCUT2D eigenvalue weighted by atomic mass is 16.5. The second-order valence-electron chi connectivity index (χ2n) is 7.76. The number of carbonyl (C=O) groups is 2. The van der Waals surface area contributed by atoms with Gasteiger partial charge in [0.2, 0.25) is 11.8 Å². The molecule has 2 aliphatic rings. The highest BCUT2D eigenvalue weighted by Gasteiger charge is 2.59. The van der Waals surface area contributed by atoms with Crippen LogP contribution in [0.25, 0.3) is 0 Å². The minimum atomic E-state index is -0.896. The van der Waals surface area contributed by atoms with Gasteiger partial charge in [-0.2, -0.15) is 0 Å². The van der Waals surface area contributed by atoms with Crippen molar-refractivity contribution in [1.29, 1.82) is 0 Å². The standard InChI is InChI=1S/C23H26N2O3/c1-16-15-18-8-3-5-9-19(18)25(16)22(27)23(12-13-23)21(26)24-14-11-17-7-4-6-10-20(17)28-2/h3-10,16H,11-15H2,1-2H3,(H,24,26). The van der Waals surface area contributed by atoms with Gasteiger partial charge in [-0.05, 0) is 55.9 Å². The van der Waals surface area contributed by atoms with E-state index >= 15 is 0 Å². The van der Waals surface area contributed by atoms with Crippen molar-refractivity contribution in [1.82, 2.24) is 5.32 Å². The Morgan fingerprint density at radius 2 is 1.86 bits per heavy atom. The number of benzene rings is 2. The van der Waals surface area contributed by atoms with Crippen LogP contribution in [0.1, 0.15) is 30.9 Å². The fourth-order valence-electron chi connectivity index (χ4n) is 4.16. The van der Waals surface area contributed by atoms with Crippen molar-refractivity contribution < 1.29 is 14.3 Å². The Balaban J connectivity index is 1.42. The smallest absolute Gasteiger partial charge is 0.242 e. The molecule has 1 N–H and O–H groups in total. The lowest BCUT2D eigenvalue weighted by molar-refractivity contribution is -0.135. The number of hydrogen-bond acceptors (Lipinski definition) is 3. The van der Waals surface area contributed by atoms with Crippen LogP contribution in [0.3, 0.4) is 0 Å². The SMILES string of the molecule is COc1ccccc1CCNC(=O)C1(C(=O)N2c3ccccc3CC2C)CC1. The zero-order valence-corrected chi connectivity index (χ0v) is 16.4. The van der Waals surface area contributed by atoms with Crippen LogP contribution in [0.2, 0.25) is 0 Å². The molecule has 1 saturated carbocycles. The Morgan fingerprint density at radius 3 is 2.61 bits per heavy atom. The lowest BCUT2D eigenvalue weighted by atomic mass is 10.0. The van der Waals surface area contributed by atoms with Crippen molar-refractivity contribution in [2.24, 2.45) is 5.41 Å². The molecule has 1 atom stereocenters. The van der Waals surface area contributed by atoms with Crippen molar-refractivity contribution in [3.63, 3.8) is 0 Å². The minimum absolute atomic E-state index is 0.0558. The van der Waals surface area contributed by atoms with Crippen LogP contribution in [0.15, 0.2) is 48.5 Å². The zero-order chi connectivity index (χ0) is 19.7. The maximum absolute atomic E-state index is 13.3. The number of anilines is 1. The molecule has 0 bridgehead atoms. The summed E-state index contributed by atoms with van der Waals surface area (Å²) in [6.07, 6.45) is 2.76. The molecule has 5 heteroatoms. The van der Waals surface area contributed by atoms with Gasteiger partial charge in [-0.25, -0.2) is 0 Å². The van der Waals surface area contributed by atoms with Gasteiger partial charge in [0.15, 0.2) is 0 Å². The summed E-state index contributed by atoms with van der Waals surface area (Å²) < 4.78 is 5.36. The first-order valence-electron chi connectivity index (χ1n) is 9.88. The Morgan fingerprint density at radius 1 is 1.14 bits per heavy atom. The van der Waals surface area contributed by atoms with Crippen molar-refractivity contribution in [3.05, 3.63) is 59.7 Å². The van der Waals surface area contributed by atoms with Gasteiger partial charge in [-0.3, -0.25) is 9.59 Å². The van der Waals surface area contributed by atoms with Gasteiger partial charge in [0.05, 0.1) is 7.11 Å². The molecule has 4 rings (SSSR count). The fourth-order valence-corrected chi connectivity index (χ4v) is 4.16. The molecule has 1 aliphatic carbocycles. The van der Waals surface area contributed by atoms with Crippen molar-refractivity contribution in [2.45, 2.75) is 38.6 Å². The molecule has 1 fully saturated rings. The van der Waals surface area contributed by atoms with E-state index in [1.807, 2.05) is 54.3 Å². The average molecular weight is 378 g/mol. The van der Waals surface area contributed by atoms with E-state index in [1.54, 1.807) is 7.11 Å². The third-order valence-electron chi connectivity index (χ3n) is 5.89. The summed E-state index contributed by atoms with van der Waals surface area (Å²) in [5, 5.41) is 2.99. The molecule has 2 aromatic rings. The number of nitrogens with one attached hydrogen (secondary N) is 1. The van der Waals surface area contributed by atoms with Gasteiger partial charge in [-0.15, -0.1) is 0 Å². The fraction of sp³-hybridized carbons (Fsp3) is 0.391. The molecule has 0 aromatic heterocycles. The maximum Gasteiger partial charge on any atom is 0.242 e. The van der Waals surface area contributed by atoms with Gasteiger partial charge in [0.25, 0.3) is 0 Å². The minimum Gasteiger partial charge on any atom is -0.496 e. The molecule has 28 heavy (non-hydrogen) atoms. The van der Waals surface area contributed by atoms with E-state index in [9.17, 15) is 9.59 Å². The number of nitrogens with zero attached hydrogens (tertiary/aromatic N) is 1. The number of ether oxygens (including phenoxy) is 1. The monoisotopic (exact) mass is 378 g/mol. The van der Waals surface area contributed by atoms with E-state index in [1.165, 1.54) is 5.56 Å². The van der Waals surface area contributed by atoms with Gasteiger partial charge >= 0.3 is 0 Å². The maximum atomic E-state index is 13.3. The van der Waals surface area contributed by atoms with Crippen LogP contribution in [0, 0.1) is 5.41 Å². The van der Waals surface area contributed by atoms with Crippen molar-refractivity contribution >= 4 is 17.5 Å². The molecule has 1 unspecified atom stereocenters. The first-order chi connectivity index (χ1) is 13.6. The van der Waals surface area contributed by atoms with Crippen LogP contribution in [-0.4, -0.2) is 31.5 Å². The number of carbonyl (C=O) groups excluding carboxylic acids is 2. The molecule has 2 amide bonds. The van der Waals surface area contributed by atoms with Crippen LogP contribution in [-0.2, 0) is 22.4 Å². The van der Waals surface area contributed by atoms with Crippen LogP contribution in [0.5, 0.6) is 5.75 Å². The Hall–Kier alpha value is -2.82. The Labute approximate surface area is 165 Å². The lowest BCUT2D eigenvalue weighted by Crippen LogP contribution is -2.47. The third-order valence-corrected chi connectivity index (χ3v) is 5.89. The summed E-state index contributed by atoms with van der Waals surface area (Å²) in [7, 11) is 1.64. The van der Waals surface area contributed by atoms with Crippen LogP contribution >= 0.6 is 0 Å². The average Bonchev–Trinajstić information content (AvgIpc) is 3.45. The normalized spacial score (nSPS) is 19.1. The quantitative estimate of drug-likeness (QED) is 0.786. The summed E-state index contributed by atoms with van der Waals surface area (Å²) in [5.74, 6) is 0.611. The number of methoxy groups -OCH3 is 1. The summed E-state index contributed by atoms with van der Waals surface area (Å²) in [4.78, 5) is 28.1. The molecular weight excluding hydrogens is 352 g/mol. The molecule has 2 aromatic carbocycles. The van der Waals surface area contributed by atoms with Gasteiger partial charge in [0, 0.05) is 18.3 Å². The number of fused-ring (bicyclic) bond motifs is 1. The van der Waals surface area contributed by atoms with E-state index in [4.69, 9.17) is 4.74 Å². The van der Waals surface area contributed by atoms with Gasteiger partial charge in [0.1, 0.15) is 11.2 Å². The van der Waals surface area contributed by atoms with Crippen molar-refractivity contribution in [3.8, 4) is 5.75 Å². The molecule has 1 heterocycles. The van der Waals surface area contributed by atoms with Crippen LogP contribution < -0.4 is 15.0 Å². The molecular formula is C23H26N2O3. The Bertz CT molecular complexity index is 904. The zero-order valence-electron chi connectivity index (χ0n) is 16.4. The highest BCUT2D eigenvalue weighted by Crippen LogP contribution is 2.49. The number of rotatable bonds is 6. The molecule has 5 nitrogen and oxygen atoms in total.